The molecular weight excluding hydrogens is 592 g/mol. The summed E-state index contributed by atoms with van der Waals surface area (Å²) in [6.45, 7) is 3.09. The summed E-state index contributed by atoms with van der Waals surface area (Å²) in [4.78, 5) is 42.8. The van der Waals surface area contributed by atoms with Gasteiger partial charge in [0.25, 0.3) is 5.56 Å². The molecule has 0 radical (unpaired) electrons. The molecule has 12 heteroatoms. The van der Waals surface area contributed by atoms with Crippen molar-refractivity contribution in [3.8, 4) is 17.2 Å². The fourth-order valence-corrected chi connectivity index (χ4v) is 5.71. The number of allylic oxidation sites excluding steroid dienone is 1. The third-order valence-corrected chi connectivity index (χ3v) is 7.46. The number of carbonyl (C=O) groups excluding carboxylic acids is 1. The monoisotopic (exact) mass is 616 g/mol. The van der Waals surface area contributed by atoms with Crippen molar-refractivity contribution in [3.05, 3.63) is 83.0 Å². The van der Waals surface area contributed by atoms with Crippen LogP contribution in [0, 0.1) is 0 Å². The Morgan fingerprint density at radius 1 is 1.15 bits per heavy atom. The van der Waals surface area contributed by atoms with Crippen LogP contribution in [0.25, 0.3) is 6.08 Å². The quantitative estimate of drug-likeness (QED) is 0.364. The van der Waals surface area contributed by atoms with Gasteiger partial charge in [0.2, 0.25) is 0 Å². The molecule has 0 spiro atoms. The van der Waals surface area contributed by atoms with Crippen LogP contribution in [-0.2, 0) is 14.3 Å². The van der Waals surface area contributed by atoms with E-state index in [-0.39, 0.29) is 17.7 Å². The number of nitrogens with zero attached hydrogens (tertiary/aromatic N) is 2. The standard InChI is InChI=1S/C27H25BrN2O8S/c1-5-37-26(34)23-14(2)29-27-30(24(23)17-12-16(35-3)7-9-19(17)36-4)25(33)21(39-27)11-15-6-8-20(18(28)10-15)38-13-22(31)32/h6-12,24H,5,13H2,1-4H3,(H,31,32)/b21-11+/t24-/m0/s1. The topological polar surface area (TPSA) is 126 Å². The molecule has 1 N–H and O–H groups in total. The van der Waals surface area contributed by atoms with Crippen LogP contribution in [-0.4, -0.2) is 49.0 Å². The van der Waals surface area contributed by atoms with Crippen LogP contribution >= 0.6 is 27.3 Å². The molecule has 0 saturated carbocycles. The smallest absolute Gasteiger partial charge is 0.341 e. The number of carboxylic acid groups (broad SMARTS) is 1. The minimum absolute atomic E-state index is 0.156. The number of esters is 1. The van der Waals surface area contributed by atoms with Crippen LogP contribution in [0.1, 0.15) is 31.0 Å². The van der Waals surface area contributed by atoms with Crippen LogP contribution in [0.15, 0.2) is 61.9 Å². The molecule has 39 heavy (non-hydrogen) atoms. The van der Waals surface area contributed by atoms with Crippen LogP contribution in [0.3, 0.4) is 0 Å². The van der Waals surface area contributed by atoms with Gasteiger partial charge < -0.3 is 24.1 Å². The SMILES string of the molecule is CCOC(=O)C1=C(C)N=c2s/c(=C/c3ccc(OCC(=O)O)c(Br)c3)c(=O)n2[C@H]1c1cc(OC)ccc1OC. The summed E-state index contributed by atoms with van der Waals surface area (Å²) in [5.41, 5.74) is 1.52. The lowest BCUT2D eigenvalue weighted by molar-refractivity contribution is -0.140. The van der Waals surface area contributed by atoms with E-state index in [1.54, 1.807) is 56.3 Å². The first-order valence-electron chi connectivity index (χ1n) is 11.7. The summed E-state index contributed by atoms with van der Waals surface area (Å²) < 4.78 is 24.0. The highest BCUT2D eigenvalue weighted by Crippen LogP contribution is 2.37. The van der Waals surface area contributed by atoms with E-state index in [9.17, 15) is 14.4 Å². The fraction of sp³-hybridized carbons (Fsp3) is 0.259. The molecular formula is C27H25BrN2O8S. The lowest BCUT2D eigenvalue weighted by Crippen LogP contribution is -2.40. The van der Waals surface area contributed by atoms with Gasteiger partial charge in [-0.3, -0.25) is 9.36 Å². The summed E-state index contributed by atoms with van der Waals surface area (Å²) in [6, 6.07) is 9.34. The first-order valence-corrected chi connectivity index (χ1v) is 13.3. The predicted molar refractivity (Wildman–Crippen MR) is 147 cm³/mol. The molecule has 1 aliphatic heterocycles. The van der Waals surface area contributed by atoms with E-state index < -0.39 is 24.6 Å². The molecule has 10 nitrogen and oxygen atoms in total. The summed E-state index contributed by atoms with van der Waals surface area (Å²) in [6.07, 6.45) is 1.69. The predicted octanol–water partition coefficient (Wildman–Crippen LogP) is 3.04. The van der Waals surface area contributed by atoms with E-state index in [2.05, 4.69) is 20.9 Å². The number of carbonyl (C=O) groups is 2. The summed E-state index contributed by atoms with van der Waals surface area (Å²) in [7, 11) is 3.04. The Hall–Kier alpha value is -3.90. The van der Waals surface area contributed by atoms with Gasteiger partial charge in [-0.25, -0.2) is 14.6 Å². The summed E-state index contributed by atoms with van der Waals surface area (Å²) in [5.74, 6) is -0.319. The Morgan fingerprint density at radius 2 is 1.90 bits per heavy atom. The van der Waals surface area contributed by atoms with Crippen LogP contribution in [0.5, 0.6) is 17.2 Å². The van der Waals surface area contributed by atoms with Gasteiger partial charge in [-0.1, -0.05) is 17.4 Å². The zero-order chi connectivity index (χ0) is 28.3. The number of aromatic nitrogens is 1. The Kier molecular flexibility index (Phi) is 8.56. The molecule has 2 heterocycles. The molecule has 0 fully saturated rings. The summed E-state index contributed by atoms with van der Waals surface area (Å²) in [5, 5.41) is 8.86. The molecule has 0 aliphatic carbocycles. The Balaban J connectivity index is 1.90. The van der Waals surface area contributed by atoms with E-state index in [1.807, 2.05) is 0 Å². The molecule has 1 atom stereocenters. The van der Waals surface area contributed by atoms with Crippen LogP contribution < -0.4 is 29.1 Å². The average molecular weight is 617 g/mol. The van der Waals surface area contributed by atoms with Crippen molar-refractivity contribution < 1.29 is 33.6 Å². The first kappa shape index (κ1) is 28.1. The fourth-order valence-electron chi connectivity index (χ4n) is 4.15. The minimum Gasteiger partial charge on any atom is -0.497 e. The van der Waals surface area contributed by atoms with Gasteiger partial charge >= 0.3 is 11.9 Å². The number of carboxylic acids is 1. The summed E-state index contributed by atoms with van der Waals surface area (Å²) >= 11 is 4.56. The molecule has 1 aromatic heterocycles. The number of fused-ring (bicyclic) bond motifs is 1. The number of ether oxygens (including phenoxy) is 4. The Bertz CT molecular complexity index is 1660. The number of benzene rings is 2. The van der Waals surface area contributed by atoms with Crippen molar-refractivity contribution in [2.24, 2.45) is 4.99 Å². The van der Waals surface area contributed by atoms with Crippen molar-refractivity contribution in [3.63, 3.8) is 0 Å². The van der Waals surface area contributed by atoms with Gasteiger partial charge in [0.15, 0.2) is 11.4 Å². The first-order chi connectivity index (χ1) is 18.7. The van der Waals surface area contributed by atoms with Gasteiger partial charge in [-0.15, -0.1) is 0 Å². The van der Waals surface area contributed by atoms with E-state index in [1.165, 1.54) is 30.1 Å². The van der Waals surface area contributed by atoms with Crippen molar-refractivity contribution >= 4 is 45.3 Å². The Labute approximate surface area is 235 Å². The van der Waals surface area contributed by atoms with Gasteiger partial charge in [-0.05, 0) is 71.7 Å². The van der Waals surface area contributed by atoms with Crippen molar-refractivity contribution in [1.29, 1.82) is 0 Å². The second-order valence-corrected chi connectivity index (χ2v) is 10.1. The molecule has 3 aromatic rings. The number of aliphatic carboxylic acids is 1. The molecule has 0 unspecified atom stereocenters. The van der Waals surface area contributed by atoms with Crippen LogP contribution in [0.4, 0.5) is 0 Å². The maximum atomic E-state index is 13.9. The highest BCUT2D eigenvalue weighted by Gasteiger charge is 2.35. The molecule has 2 aromatic carbocycles. The molecule has 0 bridgehead atoms. The van der Waals surface area contributed by atoms with Crippen molar-refractivity contribution in [1.82, 2.24) is 4.57 Å². The molecule has 4 rings (SSSR count). The number of hydrogen-bond donors (Lipinski definition) is 1. The van der Waals surface area contributed by atoms with E-state index in [0.717, 1.165) is 0 Å². The highest BCUT2D eigenvalue weighted by atomic mass is 79.9. The molecule has 1 aliphatic rings. The third kappa shape index (κ3) is 5.76. The highest BCUT2D eigenvalue weighted by molar-refractivity contribution is 9.10. The molecule has 0 amide bonds. The second-order valence-electron chi connectivity index (χ2n) is 8.28. The largest absolute Gasteiger partial charge is 0.497 e. The average Bonchev–Trinajstić information content (AvgIpc) is 3.20. The lowest BCUT2D eigenvalue weighted by atomic mass is 9.94. The zero-order valence-electron chi connectivity index (χ0n) is 21.5. The molecule has 204 valence electrons. The third-order valence-electron chi connectivity index (χ3n) is 5.85. The number of hydrogen-bond acceptors (Lipinski definition) is 9. The van der Waals surface area contributed by atoms with Crippen molar-refractivity contribution in [2.45, 2.75) is 19.9 Å². The van der Waals surface area contributed by atoms with Gasteiger partial charge in [-0.2, -0.15) is 0 Å². The van der Waals surface area contributed by atoms with Gasteiger partial charge in [0, 0.05) is 5.56 Å². The van der Waals surface area contributed by atoms with Crippen LogP contribution in [0.2, 0.25) is 0 Å². The normalized spacial score (nSPS) is 14.9. The van der Waals surface area contributed by atoms with Crippen molar-refractivity contribution in [2.75, 3.05) is 27.4 Å². The van der Waals surface area contributed by atoms with Gasteiger partial charge in [0.05, 0.1) is 41.1 Å². The van der Waals surface area contributed by atoms with E-state index in [0.29, 0.717) is 47.9 Å². The number of methoxy groups -OCH3 is 2. The van der Waals surface area contributed by atoms with E-state index in [4.69, 9.17) is 24.1 Å². The van der Waals surface area contributed by atoms with Gasteiger partial charge in [0.1, 0.15) is 23.3 Å². The second kappa shape index (κ2) is 11.9. The van der Waals surface area contributed by atoms with E-state index >= 15 is 0 Å². The lowest BCUT2D eigenvalue weighted by Gasteiger charge is -2.26. The maximum absolute atomic E-state index is 13.9. The number of rotatable bonds is 9. The number of thiazole rings is 1. The number of halogens is 1. The Morgan fingerprint density at radius 3 is 2.54 bits per heavy atom. The minimum atomic E-state index is -1.09. The maximum Gasteiger partial charge on any atom is 0.341 e. The molecule has 0 saturated heterocycles. The zero-order valence-corrected chi connectivity index (χ0v) is 23.9.